The van der Waals surface area contributed by atoms with E-state index in [1.165, 1.54) is 25.9 Å². The number of hydrogen-bond acceptors (Lipinski definition) is 2. The van der Waals surface area contributed by atoms with E-state index in [1.807, 2.05) is 30.3 Å². The van der Waals surface area contributed by atoms with Crippen molar-refractivity contribution in [2.45, 2.75) is 19.8 Å². The van der Waals surface area contributed by atoms with Gasteiger partial charge >= 0.3 is 0 Å². The molecule has 1 fully saturated rings. The van der Waals surface area contributed by atoms with E-state index in [9.17, 15) is 4.79 Å². The number of nitrogens with one attached hydrogen (secondary N) is 1. The van der Waals surface area contributed by atoms with E-state index >= 15 is 0 Å². The lowest BCUT2D eigenvalue weighted by Crippen LogP contribution is -2.38. The zero-order valence-electron chi connectivity index (χ0n) is 11.1. The summed E-state index contributed by atoms with van der Waals surface area (Å²) < 4.78 is 0. The average Bonchev–Trinajstić information content (AvgIpc) is 2.46. The van der Waals surface area contributed by atoms with Crippen LogP contribution >= 0.6 is 0 Å². The van der Waals surface area contributed by atoms with Gasteiger partial charge < -0.3 is 10.2 Å². The first-order chi connectivity index (χ1) is 8.79. The molecular formula is C15H22N2O. The quantitative estimate of drug-likeness (QED) is 0.883. The second kappa shape index (κ2) is 6.55. The summed E-state index contributed by atoms with van der Waals surface area (Å²) in [6.07, 6.45) is 2.39. The lowest BCUT2D eigenvalue weighted by molar-refractivity contribution is 0.0937. The number of carbonyl (C=O) groups excluding carboxylic acids is 1. The Hall–Kier alpha value is -1.35. The van der Waals surface area contributed by atoms with E-state index in [2.05, 4.69) is 17.1 Å². The van der Waals surface area contributed by atoms with Crippen molar-refractivity contribution in [1.29, 1.82) is 0 Å². The Bertz CT molecular complexity index is 369. The summed E-state index contributed by atoms with van der Waals surface area (Å²) >= 11 is 0. The number of likely N-dealkylation sites (tertiary alicyclic amines) is 1. The fourth-order valence-corrected chi connectivity index (χ4v) is 2.44. The van der Waals surface area contributed by atoms with Crippen LogP contribution in [0.25, 0.3) is 0 Å². The minimum absolute atomic E-state index is 0.0496. The first-order valence-electron chi connectivity index (χ1n) is 6.85. The minimum Gasteiger partial charge on any atom is -0.352 e. The summed E-state index contributed by atoms with van der Waals surface area (Å²) in [5.74, 6) is 0.689. The van der Waals surface area contributed by atoms with Crippen molar-refractivity contribution in [1.82, 2.24) is 10.2 Å². The lowest BCUT2D eigenvalue weighted by Gasteiger charge is -2.31. The van der Waals surface area contributed by atoms with Crippen molar-refractivity contribution in [3.8, 4) is 0 Å². The third kappa shape index (κ3) is 3.57. The van der Waals surface area contributed by atoms with Gasteiger partial charge in [-0.3, -0.25) is 4.79 Å². The van der Waals surface area contributed by atoms with Crippen LogP contribution in [0.3, 0.4) is 0 Å². The highest BCUT2D eigenvalue weighted by Gasteiger charge is 2.18. The van der Waals surface area contributed by atoms with Gasteiger partial charge in [-0.05, 0) is 50.5 Å². The number of carbonyl (C=O) groups is 1. The van der Waals surface area contributed by atoms with Crippen molar-refractivity contribution < 1.29 is 4.79 Å². The van der Waals surface area contributed by atoms with E-state index in [0.717, 1.165) is 18.7 Å². The second-order valence-corrected chi connectivity index (χ2v) is 4.95. The molecule has 1 saturated heterocycles. The summed E-state index contributed by atoms with van der Waals surface area (Å²) in [4.78, 5) is 14.4. The van der Waals surface area contributed by atoms with Crippen LogP contribution in [0, 0.1) is 5.92 Å². The minimum atomic E-state index is 0.0496. The van der Waals surface area contributed by atoms with E-state index in [0.29, 0.717) is 5.92 Å². The summed E-state index contributed by atoms with van der Waals surface area (Å²) in [6.45, 7) is 6.50. The highest BCUT2D eigenvalue weighted by molar-refractivity contribution is 5.94. The van der Waals surface area contributed by atoms with Gasteiger partial charge in [0, 0.05) is 12.1 Å². The SMILES string of the molecule is CCN1CCC(CNC(=O)c2ccccc2)CC1. The zero-order chi connectivity index (χ0) is 12.8. The summed E-state index contributed by atoms with van der Waals surface area (Å²) in [5.41, 5.74) is 0.753. The Morgan fingerprint density at radius 2 is 1.94 bits per heavy atom. The largest absolute Gasteiger partial charge is 0.352 e. The highest BCUT2D eigenvalue weighted by atomic mass is 16.1. The number of piperidine rings is 1. The van der Waals surface area contributed by atoms with Crippen molar-refractivity contribution in [2.75, 3.05) is 26.2 Å². The van der Waals surface area contributed by atoms with Gasteiger partial charge in [-0.1, -0.05) is 25.1 Å². The van der Waals surface area contributed by atoms with Crippen LogP contribution < -0.4 is 5.32 Å². The van der Waals surface area contributed by atoms with E-state index < -0.39 is 0 Å². The van der Waals surface area contributed by atoms with Gasteiger partial charge in [0.15, 0.2) is 0 Å². The summed E-state index contributed by atoms with van der Waals surface area (Å²) in [5, 5.41) is 3.04. The molecule has 3 nitrogen and oxygen atoms in total. The maximum absolute atomic E-state index is 11.9. The first kappa shape index (κ1) is 13.1. The van der Waals surface area contributed by atoms with Gasteiger partial charge in [0.2, 0.25) is 0 Å². The standard InChI is InChI=1S/C15H22N2O/c1-2-17-10-8-13(9-11-17)12-16-15(18)14-6-4-3-5-7-14/h3-7,13H,2,8-12H2,1H3,(H,16,18). The Labute approximate surface area is 109 Å². The van der Waals surface area contributed by atoms with Gasteiger partial charge in [-0.25, -0.2) is 0 Å². The molecule has 0 radical (unpaired) electrons. The second-order valence-electron chi connectivity index (χ2n) is 4.95. The third-order valence-electron chi connectivity index (χ3n) is 3.74. The molecule has 1 aliphatic heterocycles. The molecule has 1 aromatic rings. The van der Waals surface area contributed by atoms with Crippen LogP contribution in [0.1, 0.15) is 30.1 Å². The highest BCUT2D eigenvalue weighted by Crippen LogP contribution is 2.15. The fraction of sp³-hybridized carbons (Fsp3) is 0.533. The van der Waals surface area contributed by atoms with Crippen molar-refractivity contribution >= 4 is 5.91 Å². The van der Waals surface area contributed by atoms with Crippen LogP contribution in [-0.4, -0.2) is 37.0 Å². The zero-order valence-corrected chi connectivity index (χ0v) is 11.1. The number of hydrogen-bond donors (Lipinski definition) is 1. The smallest absolute Gasteiger partial charge is 0.251 e. The molecular weight excluding hydrogens is 224 g/mol. The third-order valence-corrected chi connectivity index (χ3v) is 3.74. The molecule has 1 amide bonds. The average molecular weight is 246 g/mol. The monoisotopic (exact) mass is 246 g/mol. The maximum atomic E-state index is 11.9. The summed E-state index contributed by atoms with van der Waals surface area (Å²) in [6, 6.07) is 9.44. The molecule has 0 bridgehead atoms. The molecule has 0 aromatic heterocycles. The van der Waals surface area contributed by atoms with E-state index in [-0.39, 0.29) is 5.91 Å². The molecule has 18 heavy (non-hydrogen) atoms. The topological polar surface area (TPSA) is 32.3 Å². The van der Waals surface area contributed by atoms with Gasteiger partial charge in [0.25, 0.3) is 5.91 Å². The first-order valence-corrected chi connectivity index (χ1v) is 6.85. The molecule has 0 unspecified atom stereocenters. The van der Waals surface area contributed by atoms with E-state index in [1.54, 1.807) is 0 Å². The number of rotatable bonds is 4. The molecule has 1 heterocycles. The normalized spacial score (nSPS) is 17.6. The Kier molecular flexibility index (Phi) is 4.76. The molecule has 0 aliphatic carbocycles. The van der Waals surface area contributed by atoms with Gasteiger partial charge in [0.1, 0.15) is 0 Å². The molecule has 1 aromatic carbocycles. The van der Waals surface area contributed by atoms with Gasteiger partial charge in [-0.2, -0.15) is 0 Å². The fourth-order valence-electron chi connectivity index (χ4n) is 2.44. The van der Waals surface area contributed by atoms with Crippen molar-refractivity contribution in [3.05, 3.63) is 35.9 Å². The molecule has 0 atom stereocenters. The molecule has 98 valence electrons. The Morgan fingerprint density at radius 1 is 1.28 bits per heavy atom. The van der Waals surface area contributed by atoms with Crippen LogP contribution in [0.5, 0.6) is 0 Å². The number of benzene rings is 1. The predicted molar refractivity (Wildman–Crippen MR) is 73.6 cm³/mol. The van der Waals surface area contributed by atoms with Crippen LogP contribution in [-0.2, 0) is 0 Å². The molecule has 2 rings (SSSR count). The molecule has 0 saturated carbocycles. The van der Waals surface area contributed by atoms with Gasteiger partial charge in [0.05, 0.1) is 0 Å². The predicted octanol–water partition coefficient (Wildman–Crippen LogP) is 2.15. The molecule has 1 aliphatic rings. The number of nitrogens with zero attached hydrogens (tertiary/aromatic N) is 1. The van der Waals surface area contributed by atoms with Crippen molar-refractivity contribution in [3.63, 3.8) is 0 Å². The van der Waals surface area contributed by atoms with Gasteiger partial charge in [-0.15, -0.1) is 0 Å². The Balaban J connectivity index is 1.74. The Morgan fingerprint density at radius 3 is 2.56 bits per heavy atom. The molecule has 3 heteroatoms. The number of amides is 1. The van der Waals surface area contributed by atoms with Crippen LogP contribution in [0.15, 0.2) is 30.3 Å². The lowest BCUT2D eigenvalue weighted by atomic mass is 9.97. The molecule has 0 spiro atoms. The van der Waals surface area contributed by atoms with Crippen molar-refractivity contribution in [2.24, 2.45) is 5.92 Å². The van der Waals surface area contributed by atoms with Crippen LogP contribution in [0.4, 0.5) is 0 Å². The van der Waals surface area contributed by atoms with Crippen LogP contribution in [0.2, 0.25) is 0 Å². The summed E-state index contributed by atoms with van der Waals surface area (Å²) in [7, 11) is 0. The maximum Gasteiger partial charge on any atom is 0.251 e. The van der Waals surface area contributed by atoms with E-state index in [4.69, 9.17) is 0 Å². The molecule has 1 N–H and O–H groups in total.